The molecule has 0 bridgehead atoms. The predicted molar refractivity (Wildman–Crippen MR) is 105 cm³/mol. The third-order valence-electron chi connectivity index (χ3n) is 3.38. The number of hydrazone groups is 1. The molecule has 2 rings (SSSR count). The van der Waals surface area contributed by atoms with Gasteiger partial charge in [0.05, 0.1) is 18.6 Å². The first kappa shape index (κ1) is 19.1. The van der Waals surface area contributed by atoms with Crippen molar-refractivity contribution >= 4 is 23.9 Å². The summed E-state index contributed by atoms with van der Waals surface area (Å²) in [7, 11) is 0. The van der Waals surface area contributed by atoms with Crippen LogP contribution in [0.5, 0.6) is 5.75 Å². The fourth-order valence-corrected chi connectivity index (χ4v) is 3.20. The second-order valence-electron chi connectivity index (χ2n) is 5.78. The number of hydrogen-bond donors (Lipinski definition) is 1. The molecule has 0 fully saturated rings. The molecule has 2 aromatic rings. The third kappa shape index (κ3) is 7.01. The van der Waals surface area contributed by atoms with E-state index in [4.69, 9.17) is 4.74 Å². The molecule has 0 unspecified atom stereocenters. The van der Waals surface area contributed by atoms with Crippen LogP contribution >= 0.6 is 11.8 Å². The van der Waals surface area contributed by atoms with Crippen molar-refractivity contribution < 1.29 is 9.53 Å². The van der Waals surface area contributed by atoms with Gasteiger partial charge in [-0.05, 0) is 56.2 Å². The van der Waals surface area contributed by atoms with E-state index in [1.807, 2.05) is 31.2 Å². The summed E-state index contributed by atoms with van der Waals surface area (Å²) >= 11 is 1.58. The maximum atomic E-state index is 11.8. The Morgan fingerprint density at radius 1 is 1.16 bits per heavy atom. The molecule has 25 heavy (non-hydrogen) atoms. The minimum atomic E-state index is -0.100. The smallest absolute Gasteiger partial charge is 0.250 e. The van der Waals surface area contributed by atoms with Gasteiger partial charge < -0.3 is 4.74 Å². The monoisotopic (exact) mass is 356 g/mol. The zero-order chi connectivity index (χ0) is 18.1. The molecule has 0 saturated heterocycles. The Morgan fingerprint density at radius 2 is 1.84 bits per heavy atom. The molecule has 0 aliphatic carbocycles. The number of rotatable bonds is 8. The number of nitrogens with zero attached hydrogens (tertiary/aromatic N) is 1. The second-order valence-corrected chi connectivity index (χ2v) is 6.77. The minimum absolute atomic E-state index is 0.100. The summed E-state index contributed by atoms with van der Waals surface area (Å²) in [5, 5.41) is 3.99. The van der Waals surface area contributed by atoms with Crippen LogP contribution in [0.15, 0.2) is 47.6 Å². The lowest BCUT2D eigenvalue weighted by molar-refractivity contribution is -0.118. The topological polar surface area (TPSA) is 50.7 Å². The van der Waals surface area contributed by atoms with Crippen molar-refractivity contribution in [1.82, 2.24) is 5.43 Å². The first-order valence-electron chi connectivity index (χ1n) is 8.26. The molecule has 0 aliphatic rings. The van der Waals surface area contributed by atoms with E-state index in [0.29, 0.717) is 12.4 Å². The van der Waals surface area contributed by atoms with Crippen LogP contribution in [0.1, 0.15) is 29.2 Å². The molecule has 0 atom stereocenters. The highest BCUT2D eigenvalue weighted by Gasteiger charge is 2.02. The maximum Gasteiger partial charge on any atom is 0.250 e. The van der Waals surface area contributed by atoms with Crippen LogP contribution < -0.4 is 10.2 Å². The van der Waals surface area contributed by atoms with Crippen molar-refractivity contribution in [3.8, 4) is 5.75 Å². The summed E-state index contributed by atoms with van der Waals surface area (Å²) in [6, 6.07) is 14.0. The van der Waals surface area contributed by atoms with Crippen molar-refractivity contribution in [1.29, 1.82) is 0 Å². The fourth-order valence-electron chi connectivity index (χ4n) is 2.44. The van der Waals surface area contributed by atoms with Crippen molar-refractivity contribution in [2.45, 2.75) is 26.5 Å². The molecular weight excluding hydrogens is 332 g/mol. The summed E-state index contributed by atoms with van der Waals surface area (Å²) in [5.41, 5.74) is 7.21. The van der Waals surface area contributed by atoms with Gasteiger partial charge in [0, 0.05) is 5.75 Å². The molecule has 5 heteroatoms. The van der Waals surface area contributed by atoms with E-state index < -0.39 is 0 Å². The summed E-state index contributed by atoms with van der Waals surface area (Å²) < 4.78 is 5.38. The molecule has 0 aromatic heterocycles. The number of carbonyl (C=O) groups excluding carboxylic acids is 1. The molecule has 0 aliphatic heterocycles. The van der Waals surface area contributed by atoms with Gasteiger partial charge in [-0.25, -0.2) is 5.43 Å². The van der Waals surface area contributed by atoms with Crippen molar-refractivity contribution in [2.75, 3.05) is 12.4 Å². The summed E-state index contributed by atoms with van der Waals surface area (Å²) in [5.74, 6) is 1.93. The second kappa shape index (κ2) is 9.89. The Bertz CT molecular complexity index is 707. The van der Waals surface area contributed by atoms with Crippen LogP contribution in [0.4, 0.5) is 0 Å². The molecule has 1 N–H and O–H groups in total. The first-order chi connectivity index (χ1) is 12.1. The van der Waals surface area contributed by atoms with E-state index in [9.17, 15) is 4.79 Å². The van der Waals surface area contributed by atoms with Gasteiger partial charge in [-0.15, -0.1) is 11.8 Å². The van der Waals surface area contributed by atoms with Crippen molar-refractivity contribution in [3.63, 3.8) is 0 Å². The molecule has 132 valence electrons. The molecule has 0 radical (unpaired) electrons. The van der Waals surface area contributed by atoms with Crippen LogP contribution in [0, 0.1) is 13.8 Å². The highest BCUT2D eigenvalue weighted by atomic mass is 32.2. The van der Waals surface area contributed by atoms with E-state index >= 15 is 0 Å². The lowest BCUT2D eigenvalue weighted by Crippen LogP contribution is -2.19. The Kier molecular flexibility index (Phi) is 7.54. The molecule has 0 heterocycles. The zero-order valence-corrected chi connectivity index (χ0v) is 15.7. The predicted octanol–water partition coefficient (Wildman–Crippen LogP) is 4.09. The number of ether oxygens (including phenoxy) is 1. The van der Waals surface area contributed by atoms with Gasteiger partial charge >= 0.3 is 0 Å². The van der Waals surface area contributed by atoms with Gasteiger partial charge in [0.2, 0.25) is 5.91 Å². The first-order valence-corrected chi connectivity index (χ1v) is 9.42. The summed E-state index contributed by atoms with van der Waals surface area (Å²) in [6.45, 7) is 6.76. The Labute approximate surface area is 153 Å². The van der Waals surface area contributed by atoms with Gasteiger partial charge in [0.1, 0.15) is 5.75 Å². The van der Waals surface area contributed by atoms with Gasteiger partial charge in [-0.1, -0.05) is 29.3 Å². The van der Waals surface area contributed by atoms with E-state index in [0.717, 1.165) is 17.1 Å². The highest BCUT2D eigenvalue weighted by Crippen LogP contribution is 2.15. The molecule has 1 amide bonds. The van der Waals surface area contributed by atoms with Crippen molar-refractivity contribution in [2.24, 2.45) is 5.10 Å². The lowest BCUT2D eigenvalue weighted by Gasteiger charge is -2.05. The van der Waals surface area contributed by atoms with E-state index in [-0.39, 0.29) is 5.91 Å². The molecule has 0 saturated carbocycles. The normalized spacial score (nSPS) is 10.8. The number of benzene rings is 2. The Balaban J connectivity index is 1.72. The largest absolute Gasteiger partial charge is 0.494 e. The van der Waals surface area contributed by atoms with Crippen molar-refractivity contribution in [3.05, 3.63) is 64.7 Å². The minimum Gasteiger partial charge on any atom is -0.494 e. The summed E-state index contributed by atoms with van der Waals surface area (Å²) in [4.78, 5) is 11.8. The van der Waals surface area contributed by atoms with Crippen LogP contribution in [0.3, 0.4) is 0 Å². The van der Waals surface area contributed by atoms with E-state index in [1.54, 1.807) is 18.0 Å². The average Bonchev–Trinajstić information content (AvgIpc) is 2.56. The molecule has 2 aromatic carbocycles. The maximum absolute atomic E-state index is 11.8. The fraction of sp³-hybridized carbons (Fsp3) is 0.300. The van der Waals surface area contributed by atoms with E-state index in [1.165, 1.54) is 16.7 Å². The number of nitrogens with one attached hydrogen (secondary N) is 1. The van der Waals surface area contributed by atoms with Gasteiger partial charge in [0.25, 0.3) is 0 Å². The third-order valence-corrected chi connectivity index (χ3v) is 4.38. The van der Waals surface area contributed by atoms with Gasteiger partial charge in [-0.3, -0.25) is 4.79 Å². The SMILES string of the molecule is CCOc1ccc(/C=N\NC(=O)CSCc2cc(C)cc(C)c2)cc1. The number of amides is 1. The highest BCUT2D eigenvalue weighted by molar-refractivity contribution is 7.99. The zero-order valence-electron chi connectivity index (χ0n) is 14.9. The number of hydrogen-bond acceptors (Lipinski definition) is 4. The Hall–Kier alpha value is -2.27. The quantitative estimate of drug-likeness (QED) is 0.573. The van der Waals surface area contributed by atoms with Gasteiger partial charge in [0.15, 0.2) is 0 Å². The summed E-state index contributed by atoms with van der Waals surface area (Å²) in [6.07, 6.45) is 1.63. The van der Waals surface area contributed by atoms with Crippen LogP contribution in [-0.2, 0) is 10.5 Å². The Morgan fingerprint density at radius 3 is 2.48 bits per heavy atom. The van der Waals surface area contributed by atoms with Crippen LogP contribution in [-0.4, -0.2) is 24.5 Å². The number of thioether (sulfide) groups is 1. The molecular formula is C20H24N2O2S. The number of aryl methyl sites for hydroxylation is 2. The lowest BCUT2D eigenvalue weighted by atomic mass is 10.1. The van der Waals surface area contributed by atoms with E-state index in [2.05, 4.69) is 42.6 Å². The number of carbonyl (C=O) groups is 1. The van der Waals surface area contributed by atoms with Crippen LogP contribution in [0.2, 0.25) is 0 Å². The molecule has 4 nitrogen and oxygen atoms in total. The van der Waals surface area contributed by atoms with Crippen LogP contribution in [0.25, 0.3) is 0 Å². The standard InChI is InChI=1S/C20H24N2O2S/c1-4-24-19-7-5-17(6-8-19)12-21-22-20(23)14-25-13-18-10-15(2)9-16(3)11-18/h5-12H,4,13-14H2,1-3H3,(H,22,23)/b21-12-. The average molecular weight is 356 g/mol. The van der Waals surface area contributed by atoms with Gasteiger partial charge in [-0.2, -0.15) is 5.10 Å². The molecule has 0 spiro atoms.